The summed E-state index contributed by atoms with van der Waals surface area (Å²) in [6.45, 7) is 1.45. The topological polar surface area (TPSA) is 32.3 Å². The molecular formula is C18H25FN2O. The molecule has 1 aromatic rings. The van der Waals surface area contributed by atoms with Crippen molar-refractivity contribution in [3.63, 3.8) is 0 Å². The molecule has 3 rings (SSSR count). The molecule has 1 saturated carbocycles. The molecule has 1 aromatic carbocycles. The van der Waals surface area contributed by atoms with Crippen molar-refractivity contribution in [3.05, 3.63) is 30.1 Å². The average molecular weight is 304 g/mol. The zero-order valence-electron chi connectivity index (χ0n) is 13.1. The van der Waals surface area contributed by atoms with Crippen LogP contribution in [0, 0.1) is 11.7 Å². The number of benzene rings is 1. The van der Waals surface area contributed by atoms with Gasteiger partial charge in [-0.3, -0.25) is 4.79 Å². The third-order valence-corrected chi connectivity index (χ3v) is 4.94. The molecule has 0 aromatic heterocycles. The zero-order valence-corrected chi connectivity index (χ0v) is 13.1. The summed E-state index contributed by atoms with van der Waals surface area (Å²) in [5.41, 5.74) is 0.623. The van der Waals surface area contributed by atoms with Gasteiger partial charge in [-0.2, -0.15) is 0 Å². The number of nitrogens with one attached hydrogen (secondary N) is 1. The number of hydrogen-bond acceptors (Lipinski definition) is 2. The molecular weight excluding hydrogens is 279 g/mol. The Morgan fingerprint density at radius 1 is 1.09 bits per heavy atom. The van der Waals surface area contributed by atoms with Crippen LogP contribution in [0.3, 0.4) is 0 Å². The van der Waals surface area contributed by atoms with E-state index in [4.69, 9.17) is 0 Å². The Balaban J connectivity index is 1.60. The Morgan fingerprint density at radius 2 is 1.86 bits per heavy atom. The van der Waals surface area contributed by atoms with Crippen LogP contribution in [0.4, 0.5) is 10.1 Å². The smallest absolute Gasteiger partial charge is 0.225 e. The molecule has 3 nitrogen and oxygen atoms in total. The minimum Gasteiger partial charge on any atom is -0.368 e. The quantitative estimate of drug-likeness (QED) is 0.927. The molecule has 0 spiro atoms. The number of anilines is 1. The van der Waals surface area contributed by atoms with Crippen molar-refractivity contribution in [2.45, 2.75) is 51.0 Å². The molecule has 22 heavy (non-hydrogen) atoms. The number of amides is 1. The SMILES string of the molecule is O=C(NC1CCCCC1)[C@H]1CCCN(c2ccccc2F)C1. The van der Waals surface area contributed by atoms with Crippen LogP contribution in [-0.2, 0) is 4.79 Å². The predicted molar refractivity (Wildman–Crippen MR) is 86.4 cm³/mol. The fraction of sp³-hybridized carbons (Fsp3) is 0.611. The fourth-order valence-electron chi connectivity index (χ4n) is 3.68. The minimum atomic E-state index is -0.198. The van der Waals surface area contributed by atoms with Crippen molar-refractivity contribution in [3.8, 4) is 0 Å². The van der Waals surface area contributed by atoms with Crippen molar-refractivity contribution in [1.29, 1.82) is 0 Å². The van der Waals surface area contributed by atoms with Crippen LogP contribution in [0.25, 0.3) is 0 Å². The normalized spacial score (nSPS) is 23.3. The van der Waals surface area contributed by atoms with E-state index in [1.165, 1.54) is 25.3 Å². The highest BCUT2D eigenvalue weighted by molar-refractivity contribution is 5.80. The first-order chi connectivity index (χ1) is 10.7. The van der Waals surface area contributed by atoms with E-state index in [1.807, 2.05) is 11.0 Å². The Hall–Kier alpha value is -1.58. The van der Waals surface area contributed by atoms with Crippen LogP contribution in [0.1, 0.15) is 44.9 Å². The maximum Gasteiger partial charge on any atom is 0.225 e. The van der Waals surface area contributed by atoms with Gasteiger partial charge in [0.1, 0.15) is 5.82 Å². The number of piperidine rings is 1. The number of para-hydroxylation sites is 1. The van der Waals surface area contributed by atoms with Gasteiger partial charge in [0.25, 0.3) is 0 Å². The summed E-state index contributed by atoms with van der Waals surface area (Å²) in [6.07, 6.45) is 7.79. The summed E-state index contributed by atoms with van der Waals surface area (Å²) in [5.74, 6) is -0.0564. The molecule has 1 atom stereocenters. The number of hydrogen-bond donors (Lipinski definition) is 1. The first-order valence-electron chi connectivity index (χ1n) is 8.54. The Morgan fingerprint density at radius 3 is 2.64 bits per heavy atom. The van der Waals surface area contributed by atoms with Crippen molar-refractivity contribution in [2.75, 3.05) is 18.0 Å². The van der Waals surface area contributed by atoms with Gasteiger partial charge in [-0.05, 0) is 37.8 Å². The van der Waals surface area contributed by atoms with E-state index in [-0.39, 0.29) is 17.6 Å². The molecule has 1 amide bonds. The van der Waals surface area contributed by atoms with Crippen molar-refractivity contribution < 1.29 is 9.18 Å². The van der Waals surface area contributed by atoms with E-state index in [0.717, 1.165) is 32.2 Å². The Kier molecular flexibility index (Phi) is 4.96. The van der Waals surface area contributed by atoms with E-state index in [9.17, 15) is 9.18 Å². The number of carbonyl (C=O) groups excluding carboxylic acids is 1. The second-order valence-corrected chi connectivity index (χ2v) is 6.58. The van der Waals surface area contributed by atoms with Crippen LogP contribution in [0.15, 0.2) is 24.3 Å². The highest BCUT2D eigenvalue weighted by Crippen LogP contribution is 2.26. The second-order valence-electron chi connectivity index (χ2n) is 6.58. The molecule has 1 aliphatic carbocycles. The van der Waals surface area contributed by atoms with E-state index >= 15 is 0 Å². The van der Waals surface area contributed by atoms with Gasteiger partial charge in [0.05, 0.1) is 11.6 Å². The van der Waals surface area contributed by atoms with Crippen molar-refractivity contribution >= 4 is 11.6 Å². The van der Waals surface area contributed by atoms with Gasteiger partial charge in [0, 0.05) is 19.1 Å². The molecule has 120 valence electrons. The lowest BCUT2D eigenvalue weighted by Gasteiger charge is -2.35. The van der Waals surface area contributed by atoms with Gasteiger partial charge in [-0.1, -0.05) is 31.4 Å². The molecule has 2 fully saturated rings. The van der Waals surface area contributed by atoms with Crippen LogP contribution in [0.5, 0.6) is 0 Å². The van der Waals surface area contributed by atoms with E-state index in [1.54, 1.807) is 12.1 Å². The van der Waals surface area contributed by atoms with Gasteiger partial charge >= 0.3 is 0 Å². The molecule has 1 saturated heterocycles. The second kappa shape index (κ2) is 7.12. The molecule has 0 bridgehead atoms. The number of nitrogens with zero attached hydrogens (tertiary/aromatic N) is 1. The molecule has 1 N–H and O–H groups in total. The summed E-state index contributed by atoms with van der Waals surface area (Å²) in [6, 6.07) is 7.20. The Labute approximate surface area is 131 Å². The van der Waals surface area contributed by atoms with E-state index in [0.29, 0.717) is 18.3 Å². The largest absolute Gasteiger partial charge is 0.368 e. The summed E-state index contributed by atoms with van der Waals surface area (Å²) >= 11 is 0. The molecule has 2 aliphatic rings. The van der Waals surface area contributed by atoms with E-state index < -0.39 is 0 Å². The lowest BCUT2D eigenvalue weighted by atomic mass is 9.93. The lowest BCUT2D eigenvalue weighted by Crippen LogP contribution is -2.46. The first-order valence-corrected chi connectivity index (χ1v) is 8.54. The number of carbonyl (C=O) groups is 1. The number of rotatable bonds is 3. The van der Waals surface area contributed by atoms with Gasteiger partial charge < -0.3 is 10.2 Å². The standard InChI is InChI=1S/C18H25FN2O/c19-16-10-4-5-11-17(16)21-12-6-7-14(13-21)18(22)20-15-8-2-1-3-9-15/h4-5,10-11,14-15H,1-3,6-9,12-13H2,(H,20,22)/t14-/m0/s1. The highest BCUT2D eigenvalue weighted by Gasteiger charge is 2.28. The zero-order chi connectivity index (χ0) is 15.4. The highest BCUT2D eigenvalue weighted by atomic mass is 19.1. The monoisotopic (exact) mass is 304 g/mol. The van der Waals surface area contributed by atoms with Gasteiger partial charge in [0.15, 0.2) is 0 Å². The predicted octanol–water partition coefficient (Wildman–Crippen LogP) is 3.49. The summed E-state index contributed by atoms with van der Waals surface area (Å²) in [5, 5.41) is 3.22. The third kappa shape index (κ3) is 3.60. The third-order valence-electron chi connectivity index (χ3n) is 4.94. The number of halogens is 1. The average Bonchev–Trinajstić information content (AvgIpc) is 2.56. The van der Waals surface area contributed by atoms with Gasteiger partial charge in [-0.15, -0.1) is 0 Å². The minimum absolute atomic E-state index is 0.0183. The summed E-state index contributed by atoms with van der Waals surface area (Å²) in [4.78, 5) is 14.5. The fourth-order valence-corrected chi connectivity index (χ4v) is 3.68. The van der Waals surface area contributed by atoms with E-state index in [2.05, 4.69) is 5.32 Å². The van der Waals surface area contributed by atoms with Gasteiger partial charge in [-0.25, -0.2) is 4.39 Å². The molecule has 4 heteroatoms. The van der Waals surface area contributed by atoms with Gasteiger partial charge in [0.2, 0.25) is 5.91 Å². The van der Waals surface area contributed by atoms with Crippen LogP contribution in [0.2, 0.25) is 0 Å². The van der Waals surface area contributed by atoms with Crippen molar-refractivity contribution in [2.24, 2.45) is 5.92 Å². The first kappa shape index (κ1) is 15.3. The summed E-state index contributed by atoms with van der Waals surface area (Å²) < 4.78 is 13.9. The summed E-state index contributed by atoms with van der Waals surface area (Å²) in [7, 11) is 0. The molecule has 1 heterocycles. The maximum atomic E-state index is 13.9. The van der Waals surface area contributed by atoms with Crippen LogP contribution in [-0.4, -0.2) is 25.0 Å². The van der Waals surface area contributed by atoms with Crippen LogP contribution < -0.4 is 10.2 Å². The lowest BCUT2D eigenvalue weighted by molar-refractivity contribution is -0.126. The maximum absolute atomic E-state index is 13.9. The van der Waals surface area contributed by atoms with Crippen LogP contribution >= 0.6 is 0 Å². The molecule has 0 unspecified atom stereocenters. The van der Waals surface area contributed by atoms with Crippen molar-refractivity contribution in [1.82, 2.24) is 5.32 Å². The molecule has 1 aliphatic heterocycles. The molecule has 0 radical (unpaired) electrons. The Bertz CT molecular complexity index is 514.